The van der Waals surface area contributed by atoms with Crippen LogP contribution in [0.5, 0.6) is 0 Å². The molecular weight excluding hydrogens is 210 g/mol. The second-order valence-electron chi connectivity index (χ2n) is 5.09. The Hall–Kier alpha value is -0.200. The molecule has 4 N–H and O–H groups in total. The molecule has 0 aromatic rings. The maximum Gasteiger partial charge on any atom is 0.173 e. The van der Waals surface area contributed by atoms with Gasteiger partial charge in [0.1, 0.15) is 0 Å². The summed E-state index contributed by atoms with van der Waals surface area (Å²) < 4.78 is 11.1. The van der Waals surface area contributed by atoms with Gasteiger partial charge in [0.05, 0.1) is 24.9 Å². The Kier molecular flexibility index (Phi) is 3.51. The van der Waals surface area contributed by atoms with Crippen molar-refractivity contribution >= 4 is 0 Å². The third-order valence-corrected chi connectivity index (χ3v) is 3.77. The second-order valence-corrected chi connectivity index (χ2v) is 5.09. The first kappa shape index (κ1) is 12.3. The summed E-state index contributed by atoms with van der Waals surface area (Å²) in [5.41, 5.74) is 6.02. The van der Waals surface area contributed by atoms with Crippen molar-refractivity contribution in [2.24, 2.45) is 23.5 Å². The average molecular weight is 231 g/mol. The van der Waals surface area contributed by atoms with E-state index in [1.807, 2.05) is 13.8 Å². The molecule has 1 aliphatic heterocycles. The number of rotatable bonds is 4. The molecule has 94 valence electrons. The van der Waals surface area contributed by atoms with E-state index >= 15 is 0 Å². The molecule has 7 atom stereocenters. The van der Waals surface area contributed by atoms with Crippen molar-refractivity contribution in [2.75, 3.05) is 13.2 Å². The summed E-state index contributed by atoms with van der Waals surface area (Å²) in [4.78, 5) is 0. The van der Waals surface area contributed by atoms with E-state index in [4.69, 9.17) is 20.3 Å². The van der Waals surface area contributed by atoms with Gasteiger partial charge in [0.15, 0.2) is 6.29 Å². The van der Waals surface area contributed by atoms with Crippen LogP contribution in [0.4, 0.5) is 0 Å². The van der Waals surface area contributed by atoms with Gasteiger partial charge in [-0.05, 0) is 5.92 Å². The van der Waals surface area contributed by atoms with Crippen molar-refractivity contribution in [1.82, 2.24) is 0 Å². The highest BCUT2D eigenvalue weighted by atomic mass is 16.7. The SMILES string of the molecule is CC(CO)COC1OC2C(O)C(C)C2C1N. The van der Waals surface area contributed by atoms with E-state index in [1.54, 1.807) is 0 Å². The molecule has 5 nitrogen and oxygen atoms in total. The number of nitrogens with two attached hydrogens (primary N) is 1. The predicted molar refractivity (Wildman–Crippen MR) is 57.5 cm³/mol. The van der Waals surface area contributed by atoms with Crippen molar-refractivity contribution in [3.8, 4) is 0 Å². The maximum atomic E-state index is 9.67. The van der Waals surface area contributed by atoms with E-state index in [0.29, 0.717) is 6.61 Å². The Morgan fingerprint density at radius 2 is 2.19 bits per heavy atom. The fourth-order valence-electron chi connectivity index (χ4n) is 2.54. The molecule has 7 unspecified atom stereocenters. The van der Waals surface area contributed by atoms with Crippen molar-refractivity contribution in [3.63, 3.8) is 0 Å². The predicted octanol–water partition coefficient (Wildman–Crippen LogP) is -0.690. The molecule has 1 saturated heterocycles. The van der Waals surface area contributed by atoms with E-state index < -0.39 is 12.4 Å². The lowest BCUT2D eigenvalue weighted by Crippen LogP contribution is -2.56. The third kappa shape index (κ3) is 1.87. The van der Waals surface area contributed by atoms with Crippen molar-refractivity contribution < 1.29 is 19.7 Å². The number of aliphatic hydroxyl groups is 2. The van der Waals surface area contributed by atoms with Gasteiger partial charge < -0.3 is 25.4 Å². The summed E-state index contributed by atoms with van der Waals surface area (Å²) in [5.74, 6) is 0.463. The van der Waals surface area contributed by atoms with Gasteiger partial charge in [-0.2, -0.15) is 0 Å². The Morgan fingerprint density at radius 1 is 1.50 bits per heavy atom. The molecule has 0 radical (unpaired) electrons. The largest absolute Gasteiger partial charge is 0.396 e. The normalized spacial score (nSPS) is 48.6. The van der Waals surface area contributed by atoms with Gasteiger partial charge in [-0.3, -0.25) is 0 Å². The van der Waals surface area contributed by atoms with E-state index in [2.05, 4.69) is 0 Å². The van der Waals surface area contributed by atoms with Gasteiger partial charge >= 0.3 is 0 Å². The summed E-state index contributed by atoms with van der Waals surface area (Å²) in [6.07, 6.45) is -1.03. The molecule has 0 amide bonds. The summed E-state index contributed by atoms with van der Waals surface area (Å²) in [6, 6.07) is -0.172. The van der Waals surface area contributed by atoms with Crippen LogP contribution in [0, 0.1) is 17.8 Å². The number of hydrogen-bond donors (Lipinski definition) is 3. The fourth-order valence-corrected chi connectivity index (χ4v) is 2.54. The standard InChI is InChI=1S/C11H21NO4/c1-5(3-13)4-15-11-8(12)7-6(2)9(14)10(7)16-11/h5-11,13-14H,3-4,12H2,1-2H3. The topological polar surface area (TPSA) is 84.9 Å². The van der Waals surface area contributed by atoms with E-state index in [1.165, 1.54) is 0 Å². The minimum absolute atomic E-state index is 0.0800. The molecular formula is C11H21NO4. The van der Waals surface area contributed by atoms with Crippen LogP contribution in [0.2, 0.25) is 0 Å². The molecule has 1 heterocycles. The van der Waals surface area contributed by atoms with Gasteiger partial charge in [-0.25, -0.2) is 0 Å². The second kappa shape index (κ2) is 4.58. The number of ether oxygens (including phenoxy) is 2. The quantitative estimate of drug-likeness (QED) is 0.596. The molecule has 0 aromatic heterocycles. The highest BCUT2D eigenvalue weighted by molar-refractivity contribution is 5.06. The third-order valence-electron chi connectivity index (χ3n) is 3.77. The van der Waals surface area contributed by atoms with Crippen LogP contribution in [0.25, 0.3) is 0 Å². The summed E-state index contributed by atoms with van der Waals surface area (Å²) in [6.45, 7) is 4.40. The van der Waals surface area contributed by atoms with Gasteiger partial charge in [-0.15, -0.1) is 0 Å². The number of aliphatic hydroxyl groups excluding tert-OH is 2. The van der Waals surface area contributed by atoms with E-state index in [9.17, 15) is 5.11 Å². The molecule has 0 bridgehead atoms. The van der Waals surface area contributed by atoms with Crippen LogP contribution in [0.15, 0.2) is 0 Å². The molecule has 0 spiro atoms. The van der Waals surface area contributed by atoms with Gasteiger partial charge in [0.25, 0.3) is 0 Å². The summed E-state index contributed by atoms with van der Waals surface area (Å²) in [5, 5.41) is 18.6. The van der Waals surface area contributed by atoms with Crippen molar-refractivity contribution in [1.29, 1.82) is 0 Å². The summed E-state index contributed by atoms with van der Waals surface area (Å²) >= 11 is 0. The highest BCUT2D eigenvalue weighted by Crippen LogP contribution is 2.45. The minimum atomic E-state index is -0.441. The fraction of sp³-hybridized carbons (Fsp3) is 1.00. The molecule has 1 saturated carbocycles. The Balaban J connectivity index is 1.85. The van der Waals surface area contributed by atoms with Crippen molar-refractivity contribution in [2.45, 2.75) is 38.4 Å². The van der Waals surface area contributed by atoms with E-state index in [-0.39, 0.29) is 36.5 Å². The monoisotopic (exact) mass is 231 g/mol. The van der Waals surface area contributed by atoms with Gasteiger partial charge in [0.2, 0.25) is 0 Å². The summed E-state index contributed by atoms with van der Waals surface area (Å²) in [7, 11) is 0. The molecule has 5 heteroatoms. The van der Waals surface area contributed by atoms with Crippen LogP contribution in [-0.4, -0.2) is 48.0 Å². The molecule has 1 aliphatic carbocycles. The van der Waals surface area contributed by atoms with Crippen LogP contribution in [0.3, 0.4) is 0 Å². The average Bonchev–Trinajstić information content (AvgIpc) is 2.59. The Labute approximate surface area is 95.5 Å². The Morgan fingerprint density at radius 3 is 2.75 bits per heavy atom. The number of fused-ring (bicyclic) bond motifs is 1. The van der Waals surface area contributed by atoms with Gasteiger partial charge in [-0.1, -0.05) is 13.8 Å². The molecule has 2 rings (SSSR count). The molecule has 16 heavy (non-hydrogen) atoms. The smallest absolute Gasteiger partial charge is 0.173 e. The lowest BCUT2D eigenvalue weighted by molar-refractivity contribution is -0.192. The van der Waals surface area contributed by atoms with Crippen molar-refractivity contribution in [3.05, 3.63) is 0 Å². The van der Waals surface area contributed by atoms with Crippen LogP contribution >= 0.6 is 0 Å². The Bertz CT molecular complexity index is 250. The lowest BCUT2D eigenvalue weighted by atomic mass is 9.67. The zero-order chi connectivity index (χ0) is 11.9. The molecule has 2 fully saturated rings. The van der Waals surface area contributed by atoms with Gasteiger partial charge in [0, 0.05) is 18.4 Å². The number of hydrogen-bond acceptors (Lipinski definition) is 5. The first-order valence-corrected chi connectivity index (χ1v) is 5.87. The first-order chi connectivity index (χ1) is 7.56. The minimum Gasteiger partial charge on any atom is -0.396 e. The lowest BCUT2D eigenvalue weighted by Gasteiger charge is -2.43. The first-order valence-electron chi connectivity index (χ1n) is 5.87. The highest BCUT2D eigenvalue weighted by Gasteiger charge is 2.58. The van der Waals surface area contributed by atoms with Crippen LogP contribution in [-0.2, 0) is 9.47 Å². The maximum absolute atomic E-state index is 9.67. The molecule has 0 aromatic carbocycles. The van der Waals surface area contributed by atoms with Crippen LogP contribution in [0.1, 0.15) is 13.8 Å². The zero-order valence-electron chi connectivity index (χ0n) is 9.74. The zero-order valence-corrected chi connectivity index (χ0v) is 9.74. The molecule has 2 aliphatic rings. The van der Waals surface area contributed by atoms with E-state index in [0.717, 1.165) is 0 Å². The van der Waals surface area contributed by atoms with Crippen LogP contribution < -0.4 is 5.73 Å².